The second-order valence-electron chi connectivity index (χ2n) is 8.01. The summed E-state index contributed by atoms with van der Waals surface area (Å²) in [5.41, 5.74) is 2.34. The number of hydrogen-bond donors (Lipinski definition) is 2. The van der Waals surface area contributed by atoms with Crippen molar-refractivity contribution in [1.29, 1.82) is 0 Å². The Morgan fingerprint density at radius 3 is 2.41 bits per heavy atom. The molecule has 7 nitrogen and oxygen atoms in total. The Morgan fingerprint density at radius 2 is 1.78 bits per heavy atom. The van der Waals surface area contributed by atoms with Crippen LogP contribution < -0.4 is 10.6 Å². The normalized spacial score (nSPS) is 15.1. The van der Waals surface area contributed by atoms with Crippen molar-refractivity contribution in [2.75, 3.05) is 26.2 Å². The van der Waals surface area contributed by atoms with Gasteiger partial charge in [-0.2, -0.15) is 0 Å². The number of hydrogen-bond acceptors (Lipinski definition) is 4. The minimum atomic E-state index is -0.379. The molecule has 2 aromatic carbocycles. The molecule has 2 N–H and O–H groups in total. The third-order valence-electron chi connectivity index (χ3n) is 5.58. The first-order valence-electron chi connectivity index (χ1n) is 11.2. The molecule has 1 fully saturated rings. The van der Waals surface area contributed by atoms with Crippen LogP contribution >= 0.6 is 24.0 Å². The first-order chi connectivity index (χ1) is 15.1. The summed E-state index contributed by atoms with van der Waals surface area (Å²) in [5, 5.41) is 17.9. The van der Waals surface area contributed by atoms with Crippen LogP contribution in [0.15, 0.2) is 59.6 Å². The molecule has 2 aromatic rings. The first kappa shape index (κ1) is 26.1. The monoisotopic (exact) mass is 551 g/mol. The van der Waals surface area contributed by atoms with Crippen LogP contribution in [-0.2, 0) is 13.0 Å². The molecule has 0 unspecified atom stereocenters. The van der Waals surface area contributed by atoms with E-state index < -0.39 is 0 Å². The number of nitro groups is 1. The highest BCUT2D eigenvalue weighted by Gasteiger charge is 2.19. The van der Waals surface area contributed by atoms with Gasteiger partial charge in [0.05, 0.1) is 11.5 Å². The van der Waals surface area contributed by atoms with Crippen LogP contribution in [0.5, 0.6) is 0 Å². The summed E-state index contributed by atoms with van der Waals surface area (Å²) in [6.45, 7) is 6.90. The number of nitro benzene ring substituents is 1. The highest BCUT2D eigenvalue weighted by molar-refractivity contribution is 14.0. The molecule has 174 valence electrons. The maximum atomic E-state index is 10.9. The number of halogens is 1. The summed E-state index contributed by atoms with van der Waals surface area (Å²) < 4.78 is 0. The van der Waals surface area contributed by atoms with E-state index in [4.69, 9.17) is 4.99 Å². The fraction of sp³-hybridized carbons (Fsp3) is 0.458. The number of nitrogens with zero attached hydrogens (tertiary/aromatic N) is 3. The highest BCUT2D eigenvalue weighted by atomic mass is 127. The number of nitrogens with one attached hydrogen (secondary N) is 2. The van der Waals surface area contributed by atoms with E-state index in [-0.39, 0.29) is 34.6 Å². The zero-order chi connectivity index (χ0) is 21.9. The van der Waals surface area contributed by atoms with E-state index in [1.54, 1.807) is 12.1 Å². The summed E-state index contributed by atoms with van der Waals surface area (Å²) in [7, 11) is 0. The molecule has 1 saturated heterocycles. The molecule has 0 spiro atoms. The average molecular weight is 551 g/mol. The lowest BCUT2D eigenvalue weighted by molar-refractivity contribution is -0.384. The van der Waals surface area contributed by atoms with Gasteiger partial charge in [-0.25, -0.2) is 4.99 Å². The Kier molecular flexibility index (Phi) is 11.4. The van der Waals surface area contributed by atoms with Crippen LogP contribution in [0.4, 0.5) is 5.69 Å². The molecule has 0 amide bonds. The van der Waals surface area contributed by atoms with Crippen molar-refractivity contribution in [3.05, 3.63) is 75.8 Å². The topological polar surface area (TPSA) is 82.8 Å². The van der Waals surface area contributed by atoms with E-state index >= 15 is 0 Å². The third-order valence-corrected chi connectivity index (χ3v) is 5.58. The van der Waals surface area contributed by atoms with Crippen molar-refractivity contribution >= 4 is 35.6 Å². The van der Waals surface area contributed by atoms with E-state index in [1.807, 2.05) is 6.07 Å². The largest absolute Gasteiger partial charge is 0.356 e. The van der Waals surface area contributed by atoms with Crippen molar-refractivity contribution in [3.8, 4) is 0 Å². The van der Waals surface area contributed by atoms with Crippen molar-refractivity contribution in [3.63, 3.8) is 0 Å². The zero-order valence-corrected chi connectivity index (χ0v) is 21.0. The molecule has 0 aliphatic carbocycles. The second-order valence-corrected chi connectivity index (χ2v) is 8.01. The predicted molar refractivity (Wildman–Crippen MR) is 141 cm³/mol. The van der Waals surface area contributed by atoms with Gasteiger partial charge < -0.3 is 15.5 Å². The minimum Gasteiger partial charge on any atom is -0.356 e. The first-order valence-corrected chi connectivity index (χ1v) is 11.2. The van der Waals surface area contributed by atoms with E-state index in [2.05, 4.69) is 46.7 Å². The van der Waals surface area contributed by atoms with Crippen LogP contribution in [0.2, 0.25) is 0 Å². The summed E-state index contributed by atoms with van der Waals surface area (Å²) >= 11 is 0. The fourth-order valence-electron chi connectivity index (χ4n) is 3.83. The Morgan fingerprint density at radius 1 is 1.09 bits per heavy atom. The molecule has 1 heterocycles. The SMILES string of the molecule is CCCN1CCC(NC(=NCc2ccc([N+](=O)[O-])cc2)NCCc2ccccc2)CC1.I. The van der Waals surface area contributed by atoms with Gasteiger partial charge in [0.1, 0.15) is 0 Å². The highest BCUT2D eigenvalue weighted by Crippen LogP contribution is 2.13. The van der Waals surface area contributed by atoms with Crippen molar-refractivity contribution in [1.82, 2.24) is 15.5 Å². The van der Waals surface area contributed by atoms with Gasteiger partial charge in [-0.15, -0.1) is 24.0 Å². The van der Waals surface area contributed by atoms with Gasteiger partial charge in [-0.05, 0) is 43.4 Å². The maximum Gasteiger partial charge on any atom is 0.269 e. The molecule has 0 aromatic heterocycles. The van der Waals surface area contributed by atoms with Crippen LogP contribution in [-0.4, -0.2) is 48.0 Å². The molecular formula is C24H34IN5O2. The molecule has 0 saturated carbocycles. The summed E-state index contributed by atoms with van der Waals surface area (Å²) in [6.07, 6.45) is 4.34. The van der Waals surface area contributed by atoms with Crippen molar-refractivity contribution < 1.29 is 4.92 Å². The van der Waals surface area contributed by atoms with Crippen LogP contribution in [0.1, 0.15) is 37.3 Å². The molecule has 1 aliphatic heterocycles. The number of aliphatic imine (C=N–C) groups is 1. The van der Waals surface area contributed by atoms with Crippen LogP contribution in [0.3, 0.4) is 0 Å². The number of guanidine groups is 1. The Balaban J connectivity index is 0.00000363. The number of rotatable bonds is 9. The van der Waals surface area contributed by atoms with E-state index in [0.29, 0.717) is 12.6 Å². The van der Waals surface area contributed by atoms with Crippen LogP contribution in [0.25, 0.3) is 0 Å². The molecule has 3 rings (SSSR count). The third kappa shape index (κ3) is 8.74. The molecule has 32 heavy (non-hydrogen) atoms. The molecular weight excluding hydrogens is 517 g/mol. The lowest BCUT2D eigenvalue weighted by Crippen LogP contribution is -2.49. The molecule has 0 radical (unpaired) electrons. The smallest absolute Gasteiger partial charge is 0.269 e. The van der Waals surface area contributed by atoms with Gasteiger partial charge in [0.15, 0.2) is 5.96 Å². The fourth-order valence-corrected chi connectivity index (χ4v) is 3.83. The predicted octanol–water partition coefficient (Wildman–Crippen LogP) is 4.37. The van der Waals surface area contributed by atoms with E-state index in [9.17, 15) is 10.1 Å². The van der Waals surface area contributed by atoms with Crippen molar-refractivity contribution in [2.45, 2.75) is 45.2 Å². The Hall–Kier alpha value is -2.20. The minimum absolute atomic E-state index is 0. The molecule has 1 aliphatic rings. The molecule has 8 heteroatoms. The van der Waals surface area contributed by atoms with Gasteiger partial charge in [0, 0.05) is 37.8 Å². The lowest BCUT2D eigenvalue weighted by Gasteiger charge is -2.32. The number of likely N-dealkylation sites (tertiary alicyclic amines) is 1. The zero-order valence-electron chi connectivity index (χ0n) is 18.7. The molecule has 0 bridgehead atoms. The summed E-state index contributed by atoms with van der Waals surface area (Å²) in [5.74, 6) is 0.809. The lowest BCUT2D eigenvalue weighted by atomic mass is 10.1. The van der Waals surface area contributed by atoms with Crippen LogP contribution in [0, 0.1) is 10.1 Å². The standard InChI is InChI=1S/C24H33N5O2.HI/c1-2-16-28-17-13-22(14-18-28)27-24(25-15-12-20-6-4-3-5-7-20)26-19-21-8-10-23(11-9-21)29(30)31;/h3-11,22H,2,12-19H2,1H3,(H2,25,26,27);1H. The van der Waals surface area contributed by atoms with Gasteiger partial charge in [-0.1, -0.05) is 49.4 Å². The Bertz CT molecular complexity index is 837. The maximum absolute atomic E-state index is 10.9. The Labute approximate surface area is 207 Å². The summed E-state index contributed by atoms with van der Waals surface area (Å²) in [4.78, 5) is 17.8. The van der Waals surface area contributed by atoms with Gasteiger partial charge in [0.2, 0.25) is 0 Å². The average Bonchev–Trinajstić information content (AvgIpc) is 2.80. The summed E-state index contributed by atoms with van der Waals surface area (Å²) in [6, 6.07) is 17.4. The van der Waals surface area contributed by atoms with E-state index in [1.165, 1.54) is 30.7 Å². The number of benzene rings is 2. The number of non-ortho nitro benzene ring substituents is 1. The number of piperidine rings is 1. The molecule has 0 atom stereocenters. The van der Waals surface area contributed by atoms with Gasteiger partial charge >= 0.3 is 0 Å². The van der Waals surface area contributed by atoms with E-state index in [0.717, 1.165) is 50.4 Å². The van der Waals surface area contributed by atoms with Gasteiger partial charge in [-0.3, -0.25) is 10.1 Å². The van der Waals surface area contributed by atoms with Crippen molar-refractivity contribution in [2.24, 2.45) is 4.99 Å². The second kappa shape index (κ2) is 14.1. The quantitative estimate of drug-likeness (QED) is 0.159. The van der Waals surface area contributed by atoms with Gasteiger partial charge in [0.25, 0.3) is 5.69 Å².